The highest BCUT2D eigenvalue weighted by Gasteiger charge is 2.34. The Hall–Kier alpha value is -7.38. The molecule has 0 aliphatic carbocycles. The molecule has 0 saturated carbocycles. The zero-order valence-electron chi connectivity index (χ0n) is 63.6. The summed E-state index contributed by atoms with van der Waals surface area (Å²) in [4.78, 5) is 0. The normalized spacial score (nSPS) is 13.2. The Balaban J connectivity index is 1.01. The fourth-order valence-corrected chi connectivity index (χ4v) is 15.5. The van der Waals surface area contributed by atoms with Crippen LogP contribution >= 0.6 is 0 Å². The lowest BCUT2D eigenvalue weighted by Gasteiger charge is -2.34. The smallest absolute Gasteiger partial charge is 0.127 e. The second-order valence-corrected chi connectivity index (χ2v) is 36.2. The molecule has 1 N–H and O–H groups in total. The van der Waals surface area contributed by atoms with Gasteiger partial charge in [-0.25, -0.2) is 8.78 Å². The van der Waals surface area contributed by atoms with Crippen LogP contribution in [-0.2, 0) is 50.4 Å². The number of ether oxygens (including phenoxy) is 3. The average molecular weight is 1320 g/mol. The van der Waals surface area contributed by atoms with Gasteiger partial charge in [-0.3, -0.25) is 0 Å². The van der Waals surface area contributed by atoms with Crippen molar-refractivity contribution in [1.29, 1.82) is 0 Å². The van der Waals surface area contributed by atoms with Gasteiger partial charge in [-0.05, 0) is 257 Å². The molecule has 0 aromatic heterocycles. The summed E-state index contributed by atoms with van der Waals surface area (Å²) < 4.78 is 52.2. The van der Waals surface area contributed by atoms with Gasteiger partial charge in [0.25, 0.3) is 0 Å². The van der Waals surface area contributed by atoms with E-state index < -0.39 is 0 Å². The van der Waals surface area contributed by atoms with Crippen molar-refractivity contribution in [3.05, 3.63) is 202 Å². The van der Waals surface area contributed by atoms with Crippen LogP contribution in [0.15, 0.2) is 146 Å². The van der Waals surface area contributed by atoms with Gasteiger partial charge < -0.3 is 19.3 Å². The third kappa shape index (κ3) is 16.1. The van der Waals surface area contributed by atoms with Crippen molar-refractivity contribution in [2.24, 2.45) is 10.8 Å². The maximum absolute atomic E-state index is 16.2. The first-order valence-corrected chi connectivity index (χ1v) is 35.9. The molecular weight excluding hydrogens is 1210 g/mol. The SMILES string of the molecule is COCc1c(-c2cc(F)ccc2OCCCCCOc2ccc(F)cc2-c2cc(C(C)(C)CC(C)(C)C)cc(-c3c4ccc(C(C)(C)C)cc4cc4ccc(C(C)(C)C)cc34)c2CO)cc(C(C)(C)CC(C)(C)C)cc1-c1c2ccc(C(C)(C)C)cc2cc2ccc(C(C)(C)C)cc12. The lowest BCUT2D eigenvalue weighted by atomic mass is 9.70. The number of benzene rings is 10. The molecule has 0 radical (unpaired) electrons. The molecule has 0 bridgehead atoms. The summed E-state index contributed by atoms with van der Waals surface area (Å²) in [5.74, 6) is 0.431. The van der Waals surface area contributed by atoms with Gasteiger partial charge in [-0.15, -0.1) is 0 Å². The highest BCUT2D eigenvalue weighted by atomic mass is 19.1. The monoisotopic (exact) mass is 1320 g/mol. The number of hydrogen-bond donors (Lipinski definition) is 1. The van der Waals surface area contributed by atoms with Gasteiger partial charge in [-0.2, -0.15) is 0 Å². The second kappa shape index (κ2) is 27.3. The summed E-state index contributed by atoms with van der Waals surface area (Å²) in [6, 6.07) is 51.2. The van der Waals surface area contributed by atoms with Crippen LogP contribution in [0.1, 0.15) is 229 Å². The third-order valence-corrected chi connectivity index (χ3v) is 20.1. The predicted molar refractivity (Wildman–Crippen MR) is 415 cm³/mol. The van der Waals surface area contributed by atoms with E-state index in [0.29, 0.717) is 48.7 Å². The van der Waals surface area contributed by atoms with E-state index in [1.165, 1.54) is 45.2 Å². The first-order valence-electron chi connectivity index (χ1n) is 35.9. The molecule has 0 atom stereocenters. The van der Waals surface area contributed by atoms with E-state index in [4.69, 9.17) is 14.2 Å². The van der Waals surface area contributed by atoms with Crippen molar-refractivity contribution in [1.82, 2.24) is 0 Å². The first-order chi connectivity index (χ1) is 45.5. The molecule has 0 spiro atoms. The van der Waals surface area contributed by atoms with E-state index in [0.717, 1.165) is 107 Å². The number of aliphatic hydroxyl groups is 1. The van der Waals surface area contributed by atoms with Crippen LogP contribution in [0.3, 0.4) is 0 Å². The molecule has 0 aliphatic heterocycles. The van der Waals surface area contributed by atoms with E-state index in [1.54, 1.807) is 31.4 Å². The van der Waals surface area contributed by atoms with Crippen LogP contribution in [0.4, 0.5) is 8.78 Å². The van der Waals surface area contributed by atoms with Crippen LogP contribution in [-0.4, -0.2) is 25.4 Å². The van der Waals surface area contributed by atoms with E-state index in [9.17, 15) is 5.11 Å². The maximum atomic E-state index is 16.2. The maximum Gasteiger partial charge on any atom is 0.127 e. The topological polar surface area (TPSA) is 47.9 Å². The van der Waals surface area contributed by atoms with E-state index >= 15 is 8.78 Å². The molecule has 0 fully saturated rings. The number of methoxy groups -OCH3 is 1. The number of unbranched alkanes of at least 4 members (excludes halogenated alkanes) is 2. The van der Waals surface area contributed by atoms with Crippen LogP contribution in [0.2, 0.25) is 0 Å². The van der Waals surface area contributed by atoms with Crippen molar-refractivity contribution < 1.29 is 28.1 Å². The molecule has 518 valence electrons. The molecule has 0 heterocycles. The first kappa shape index (κ1) is 73.3. The number of fused-ring (bicyclic) bond motifs is 4. The van der Waals surface area contributed by atoms with Crippen LogP contribution < -0.4 is 9.47 Å². The Labute approximate surface area is 587 Å². The lowest BCUT2D eigenvalue weighted by Crippen LogP contribution is -2.25. The second-order valence-electron chi connectivity index (χ2n) is 36.2. The van der Waals surface area contributed by atoms with Gasteiger partial charge in [-0.1, -0.05) is 237 Å². The number of rotatable bonds is 19. The van der Waals surface area contributed by atoms with Gasteiger partial charge >= 0.3 is 0 Å². The molecule has 10 aromatic rings. The largest absolute Gasteiger partial charge is 0.493 e. The van der Waals surface area contributed by atoms with Gasteiger partial charge in [0.15, 0.2) is 0 Å². The minimum atomic E-state index is -0.382. The molecule has 0 saturated heterocycles. The van der Waals surface area contributed by atoms with E-state index in [1.807, 2.05) is 0 Å². The highest BCUT2D eigenvalue weighted by molar-refractivity contribution is 6.15. The molecule has 0 aliphatic rings. The predicted octanol–water partition coefficient (Wildman–Crippen LogP) is 26.1. The van der Waals surface area contributed by atoms with Crippen molar-refractivity contribution >= 4 is 43.1 Å². The van der Waals surface area contributed by atoms with Gasteiger partial charge in [0.1, 0.15) is 23.1 Å². The summed E-state index contributed by atoms with van der Waals surface area (Å²) in [6.07, 6.45) is 3.97. The summed E-state index contributed by atoms with van der Waals surface area (Å²) in [5, 5.41) is 21.1. The Morgan fingerprint density at radius 3 is 1.05 bits per heavy atom. The van der Waals surface area contributed by atoms with Crippen molar-refractivity contribution in [2.75, 3.05) is 20.3 Å². The summed E-state index contributed by atoms with van der Waals surface area (Å²) >= 11 is 0. The van der Waals surface area contributed by atoms with Gasteiger partial charge in [0, 0.05) is 18.2 Å². The van der Waals surface area contributed by atoms with Crippen LogP contribution in [0.25, 0.3) is 87.6 Å². The quantitative estimate of drug-likeness (QED) is 0.0647. The molecule has 0 unspecified atom stereocenters. The molecule has 98 heavy (non-hydrogen) atoms. The molecule has 4 nitrogen and oxygen atoms in total. The lowest BCUT2D eigenvalue weighted by molar-refractivity contribution is 0.185. The molecule has 10 rings (SSSR count). The minimum absolute atomic E-state index is 0.00775. The fraction of sp³-hybridized carbons (Fsp3) is 0.435. The highest BCUT2D eigenvalue weighted by Crippen LogP contribution is 2.51. The Bertz CT molecular complexity index is 4610. The van der Waals surface area contributed by atoms with Crippen LogP contribution in [0, 0.1) is 22.5 Å². The molecule has 10 aromatic carbocycles. The average Bonchev–Trinajstić information content (AvgIpc) is 0.736. The van der Waals surface area contributed by atoms with Gasteiger partial charge in [0.2, 0.25) is 0 Å². The van der Waals surface area contributed by atoms with Crippen molar-refractivity contribution in [2.45, 2.75) is 230 Å². The number of halogens is 2. The number of hydrogen-bond acceptors (Lipinski definition) is 4. The summed E-state index contributed by atoms with van der Waals surface area (Å²) in [7, 11) is 1.75. The Morgan fingerprint density at radius 2 is 0.684 bits per heavy atom. The fourth-order valence-electron chi connectivity index (χ4n) is 15.5. The number of aliphatic hydroxyl groups excluding tert-OH is 1. The molecular formula is C92H112F2O4. The third-order valence-electron chi connectivity index (χ3n) is 20.1. The van der Waals surface area contributed by atoms with Crippen molar-refractivity contribution in [3.8, 4) is 56.0 Å². The van der Waals surface area contributed by atoms with E-state index in [-0.39, 0.29) is 68.2 Å². The summed E-state index contributed by atoms with van der Waals surface area (Å²) in [6.45, 7) is 50.9. The Kier molecular flexibility index (Phi) is 20.4. The zero-order valence-corrected chi connectivity index (χ0v) is 63.6. The van der Waals surface area contributed by atoms with Crippen LogP contribution in [0.5, 0.6) is 11.5 Å². The summed E-state index contributed by atoms with van der Waals surface area (Å²) in [5.41, 5.74) is 15.1. The van der Waals surface area contributed by atoms with Crippen molar-refractivity contribution in [3.63, 3.8) is 0 Å². The molecule has 6 heteroatoms. The zero-order chi connectivity index (χ0) is 71.6. The van der Waals surface area contributed by atoms with E-state index in [2.05, 4.69) is 262 Å². The van der Waals surface area contributed by atoms with Gasteiger partial charge in [0.05, 0.1) is 26.4 Å². The minimum Gasteiger partial charge on any atom is -0.493 e. The Morgan fingerprint density at radius 1 is 0.327 bits per heavy atom. The standard InChI is InChI=1S/C92H112F2O4/c1-85(2,3)55-91(19,20)65-47-73(79(53-95)77(49-65)83-69-35-31-61(87(7,8)9)43-59(69)41-57-27-29-63(45-71(57)83)89(13,14)15)75-51-67(93)33-37-81(75)97-39-25-24-26-40-98-82-38-34-68(94)52-76(82)74-48-66(92(21,22)56-86(4,5)6)50-78(80(74)54-96-23)84-70-36-32-62(88(10,11)12)44-60(70)42-58-28-30-64(46-72(58)84)90(16,17)18/h27-38,41-52,95H,24-26,39-40,53-56H2,1-23H3. The molecule has 0 amide bonds.